The van der Waals surface area contributed by atoms with Crippen molar-refractivity contribution in [3.63, 3.8) is 0 Å². The average Bonchev–Trinajstić information content (AvgIpc) is 2.94. The molecule has 1 aromatic carbocycles. The predicted molar refractivity (Wildman–Crippen MR) is 93.9 cm³/mol. The highest BCUT2D eigenvalue weighted by atomic mass is 35.5. The fourth-order valence-electron chi connectivity index (χ4n) is 2.33. The van der Waals surface area contributed by atoms with Crippen LogP contribution < -0.4 is 15.4 Å². The fourth-order valence-corrected chi connectivity index (χ4v) is 2.68. The number of ether oxygens (including phenoxy) is 1. The molecule has 5 nitrogen and oxygen atoms in total. The summed E-state index contributed by atoms with van der Waals surface area (Å²) in [6.07, 6.45) is 0.941. The molecule has 0 radical (unpaired) electrons. The van der Waals surface area contributed by atoms with Gasteiger partial charge < -0.3 is 20.5 Å². The van der Waals surface area contributed by atoms with E-state index in [0.717, 1.165) is 19.4 Å². The van der Waals surface area contributed by atoms with Crippen molar-refractivity contribution in [1.29, 1.82) is 0 Å². The molecule has 0 aliphatic carbocycles. The highest BCUT2D eigenvalue weighted by Crippen LogP contribution is 2.31. The summed E-state index contributed by atoms with van der Waals surface area (Å²) in [6, 6.07) is 5.04. The third-order valence-corrected chi connectivity index (χ3v) is 4.52. The summed E-state index contributed by atoms with van der Waals surface area (Å²) in [5.74, 6) is 0.300. The van der Waals surface area contributed by atoms with Crippen LogP contribution >= 0.6 is 35.6 Å². The van der Waals surface area contributed by atoms with E-state index in [0.29, 0.717) is 15.8 Å². The van der Waals surface area contributed by atoms with E-state index in [1.54, 1.807) is 18.2 Å². The Bertz CT molecular complexity index is 537. The maximum atomic E-state index is 12.1. The number of nitrogens with one attached hydrogen (secondary N) is 2. The maximum absolute atomic E-state index is 12.1. The van der Waals surface area contributed by atoms with Crippen molar-refractivity contribution < 1.29 is 14.6 Å². The second-order valence-electron chi connectivity index (χ2n) is 5.59. The number of carbonyl (C=O) groups is 1. The van der Waals surface area contributed by atoms with Crippen LogP contribution in [0.1, 0.15) is 19.8 Å². The molecule has 8 heteroatoms. The second kappa shape index (κ2) is 8.94. The number of aliphatic hydroxyl groups excluding tert-OH is 1. The number of amides is 1. The van der Waals surface area contributed by atoms with Crippen molar-refractivity contribution in [3.8, 4) is 5.75 Å². The zero-order chi connectivity index (χ0) is 16.2. The standard InChI is InChI=1S/C15H20Cl2N2O3.ClH/c1-15(6-3-7-19-15)14(21)18-8-10(20)9-22-12-5-2-4-11(16)13(12)17;/h2,4-5,10,19-20H,3,6-9H2,1H3,(H,18,21);1H. The van der Waals surface area contributed by atoms with Crippen LogP contribution in [0.3, 0.4) is 0 Å². The van der Waals surface area contributed by atoms with Crippen molar-refractivity contribution in [3.05, 3.63) is 28.2 Å². The third-order valence-electron chi connectivity index (χ3n) is 3.72. The summed E-state index contributed by atoms with van der Waals surface area (Å²) in [5, 5.41) is 16.5. The molecule has 1 aliphatic heterocycles. The molecule has 23 heavy (non-hydrogen) atoms. The Kier molecular flexibility index (Phi) is 7.90. The van der Waals surface area contributed by atoms with Gasteiger partial charge in [-0.15, -0.1) is 12.4 Å². The van der Waals surface area contributed by atoms with Crippen LogP contribution in [-0.2, 0) is 4.79 Å². The van der Waals surface area contributed by atoms with Gasteiger partial charge in [0.05, 0.1) is 10.6 Å². The van der Waals surface area contributed by atoms with Gasteiger partial charge in [-0.3, -0.25) is 4.79 Å². The molecule has 1 saturated heterocycles. The van der Waals surface area contributed by atoms with Gasteiger partial charge in [0.25, 0.3) is 0 Å². The first-order valence-corrected chi connectivity index (χ1v) is 7.96. The monoisotopic (exact) mass is 382 g/mol. The van der Waals surface area contributed by atoms with E-state index in [1.165, 1.54) is 0 Å². The van der Waals surface area contributed by atoms with Crippen LogP contribution in [0, 0.1) is 0 Å². The summed E-state index contributed by atoms with van der Waals surface area (Å²) >= 11 is 11.9. The highest BCUT2D eigenvalue weighted by Gasteiger charge is 2.35. The Hall–Kier alpha value is -0.720. The number of benzene rings is 1. The molecule has 2 unspecified atom stereocenters. The molecule has 1 heterocycles. The molecule has 0 aromatic heterocycles. The lowest BCUT2D eigenvalue weighted by Crippen LogP contribution is -2.52. The lowest BCUT2D eigenvalue weighted by molar-refractivity contribution is -0.127. The highest BCUT2D eigenvalue weighted by molar-refractivity contribution is 6.42. The molecule has 130 valence electrons. The van der Waals surface area contributed by atoms with Gasteiger partial charge in [-0.05, 0) is 38.4 Å². The zero-order valence-electron chi connectivity index (χ0n) is 12.8. The fraction of sp³-hybridized carbons (Fsp3) is 0.533. The molecule has 0 saturated carbocycles. The van der Waals surface area contributed by atoms with Gasteiger partial charge in [-0.2, -0.15) is 0 Å². The van der Waals surface area contributed by atoms with Crippen LogP contribution in [0.25, 0.3) is 0 Å². The quantitative estimate of drug-likeness (QED) is 0.705. The molecule has 1 amide bonds. The number of halogens is 3. The number of rotatable bonds is 6. The van der Waals surface area contributed by atoms with Crippen molar-refractivity contribution in [2.24, 2.45) is 0 Å². The maximum Gasteiger partial charge on any atom is 0.240 e. The van der Waals surface area contributed by atoms with Crippen LogP contribution in [-0.4, -0.2) is 42.4 Å². The first-order valence-electron chi connectivity index (χ1n) is 7.20. The first kappa shape index (κ1) is 20.3. The van der Waals surface area contributed by atoms with Gasteiger partial charge in [0.1, 0.15) is 23.5 Å². The van der Waals surface area contributed by atoms with E-state index in [2.05, 4.69) is 10.6 Å². The number of hydrogen-bond acceptors (Lipinski definition) is 4. The molecule has 0 bridgehead atoms. The van der Waals surface area contributed by atoms with Crippen LogP contribution in [0.2, 0.25) is 10.0 Å². The number of hydrogen-bond donors (Lipinski definition) is 3. The van der Waals surface area contributed by atoms with Crippen molar-refractivity contribution in [2.45, 2.75) is 31.4 Å². The molecule has 1 fully saturated rings. The third kappa shape index (κ3) is 5.40. The van der Waals surface area contributed by atoms with E-state index < -0.39 is 11.6 Å². The second-order valence-corrected chi connectivity index (χ2v) is 6.37. The first-order chi connectivity index (χ1) is 10.4. The molecule has 0 spiro atoms. The molecular formula is C15H21Cl3N2O3. The van der Waals surface area contributed by atoms with E-state index in [4.69, 9.17) is 27.9 Å². The van der Waals surface area contributed by atoms with Crippen LogP contribution in [0.4, 0.5) is 0 Å². The average molecular weight is 384 g/mol. The van der Waals surface area contributed by atoms with Gasteiger partial charge in [0.2, 0.25) is 5.91 Å². The van der Waals surface area contributed by atoms with E-state index >= 15 is 0 Å². The lowest BCUT2D eigenvalue weighted by atomic mass is 9.99. The largest absolute Gasteiger partial charge is 0.489 e. The molecule has 2 rings (SSSR count). The Labute approximate surface area is 152 Å². The van der Waals surface area contributed by atoms with Gasteiger partial charge >= 0.3 is 0 Å². The Morgan fingerprint density at radius 1 is 1.52 bits per heavy atom. The van der Waals surface area contributed by atoms with Gasteiger partial charge in [-0.25, -0.2) is 0 Å². The van der Waals surface area contributed by atoms with Crippen molar-refractivity contribution >= 4 is 41.5 Å². The van der Waals surface area contributed by atoms with Gasteiger partial charge in [0.15, 0.2) is 0 Å². The van der Waals surface area contributed by atoms with Crippen molar-refractivity contribution in [1.82, 2.24) is 10.6 Å². The van der Waals surface area contributed by atoms with Gasteiger partial charge in [-0.1, -0.05) is 29.3 Å². The Balaban J connectivity index is 0.00000264. The summed E-state index contributed by atoms with van der Waals surface area (Å²) in [5.41, 5.74) is -0.545. The van der Waals surface area contributed by atoms with E-state index in [9.17, 15) is 9.90 Å². The molecule has 1 aliphatic rings. The Morgan fingerprint density at radius 3 is 2.91 bits per heavy atom. The molecule has 2 atom stereocenters. The smallest absolute Gasteiger partial charge is 0.240 e. The van der Waals surface area contributed by atoms with Crippen LogP contribution in [0.15, 0.2) is 18.2 Å². The minimum absolute atomic E-state index is 0. The normalized spacial score (nSPS) is 21.4. The van der Waals surface area contributed by atoms with E-state index in [1.807, 2.05) is 6.92 Å². The molecule has 3 N–H and O–H groups in total. The number of aliphatic hydroxyl groups is 1. The summed E-state index contributed by atoms with van der Waals surface area (Å²) < 4.78 is 5.43. The van der Waals surface area contributed by atoms with Crippen molar-refractivity contribution in [2.75, 3.05) is 19.7 Å². The molecular weight excluding hydrogens is 363 g/mol. The Morgan fingerprint density at radius 2 is 2.26 bits per heavy atom. The zero-order valence-corrected chi connectivity index (χ0v) is 15.1. The minimum Gasteiger partial charge on any atom is -0.489 e. The summed E-state index contributed by atoms with van der Waals surface area (Å²) in [7, 11) is 0. The molecule has 1 aromatic rings. The topological polar surface area (TPSA) is 70.6 Å². The lowest BCUT2D eigenvalue weighted by Gasteiger charge is -2.24. The van der Waals surface area contributed by atoms with E-state index in [-0.39, 0.29) is 31.5 Å². The number of carbonyl (C=O) groups excluding carboxylic acids is 1. The summed E-state index contributed by atoms with van der Waals surface area (Å²) in [4.78, 5) is 12.1. The summed E-state index contributed by atoms with van der Waals surface area (Å²) in [6.45, 7) is 2.84. The van der Waals surface area contributed by atoms with Gasteiger partial charge in [0, 0.05) is 6.54 Å². The SMILES string of the molecule is CC1(C(=O)NCC(O)COc2cccc(Cl)c2Cl)CCCN1.Cl. The van der Waals surface area contributed by atoms with Crippen LogP contribution in [0.5, 0.6) is 5.75 Å². The predicted octanol–water partition coefficient (Wildman–Crippen LogP) is 2.41. The minimum atomic E-state index is -0.830.